The summed E-state index contributed by atoms with van der Waals surface area (Å²) < 4.78 is 32.0. The Morgan fingerprint density at radius 3 is 1.81 bits per heavy atom. The average Bonchev–Trinajstić information content (AvgIpc) is 2.81. The average molecular weight is 434 g/mol. The van der Waals surface area contributed by atoms with Gasteiger partial charge in [-0.3, -0.25) is 4.79 Å². The maximum absolute atomic E-state index is 12.5. The lowest BCUT2D eigenvalue weighted by molar-refractivity contribution is 0.0953. The van der Waals surface area contributed by atoms with Crippen LogP contribution < -0.4 is 39.1 Å². The molecular formula is C22H30N2O7. The summed E-state index contributed by atoms with van der Waals surface area (Å²) in [7, 11) is 9.25. The van der Waals surface area contributed by atoms with Crippen molar-refractivity contribution in [3.63, 3.8) is 0 Å². The Morgan fingerprint density at radius 2 is 1.29 bits per heavy atom. The van der Waals surface area contributed by atoms with Crippen molar-refractivity contribution in [3.05, 3.63) is 35.4 Å². The summed E-state index contributed by atoms with van der Waals surface area (Å²) in [4.78, 5) is 12.5. The second-order valence-corrected chi connectivity index (χ2v) is 6.34. The zero-order valence-electron chi connectivity index (χ0n) is 18.8. The van der Waals surface area contributed by atoms with Gasteiger partial charge >= 0.3 is 0 Å². The number of methoxy groups -OCH3 is 6. The van der Waals surface area contributed by atoms with Crippen molar-refractivity contribution in [2.45, 2.75) is 6.54 Å². The van der Waals surface area contributed by atoms with Gasteiger partial charge in [0.2, 0.25) is 11.5 Å². The minimum atomic E-state index is -0.246. The maximum atomic E-state index is 12.5. The van der Waals surface area contributed by atoms with E-state index in [4.69, 9.17) is 28.4 Å². The molecule has 0 bridgehead atoms. The molecule has 0 aliphatic heterocycles. The summed E-state index contributed by atoms with van der Waals surface area (Å²) in [5.41, 5.74) is 1.33. The molecule has 2 N–H and O–H groups in total. The van der Waals surface area contributed by atoms with E-state index in [1.807, 2.05) is 12.1 Å². The van der Waals surface area contributed by atoms with Crippen LogP contribution in [0.25, 0.3) is 0 Å². The number of hydrogen-bond donors (Lipinski definition) is 2. The molecule has 31 heavy (non-hydrogen) atoms. The normalized spacial score (nSPS) is 10.3. The third-order valence-corrected chi connectivity index (χ3v) is 4.62. The SMILES string of the molecule is COc1cc(C(=O)NCCNCc2ccc(OC)c(OC)c2OC)cc(OC)c1OC. The molecule has 9 heteroatoms. The van der Waals surface area contributed by atoms with Crippen molar-refractivity contribution in [1.29, 1.82) is 0 Å². The molecular weight excluding hydrogens is 404 g/mol. The highest BCUT2D eigenvalue weighted by Crippen LogP contribution is 2.40. The summed E-state index contributed by atoms with van der Waals surface area (Å²) in [5, 5.41) is 6.14. The molecule has 0 unspecified atom stereocenters. The van der Waals surface area contributed by atoms with Gasteiger partial charge in [-0.15, -0.1) is 0 Å². The van der Waals surface area contributed by atoms with E-state index in [1.54, 1.807) is 33.5 Å². The van der Waals surface area contributed by atoms with Crippen LogP contribution in [0.15, 0.2) is 24.3 Å². The first kappa shape index (κ1) is 23.9. The molecule has 2 rings (SSSR count). The van der Waals surface area contributed by atoms with E-state index in [1.165, 1.54) is 21.3 Å². The van der Waals surface area contributed by atoms with Gasteiger partial charge in [0.1, 0.15) is 0 Å². The highest BCUT2D eigenvalue weighted by Gasteiger charge is 2.17. The minimum absolute atomic E-state index is 0.246. The lowest BCUT2D eigenvalue weighted by Gasteiger charge is -2.16. The van der Waals surface area contributed by atoms with Crippen LogP contribution in [0, 0.1) is 0 Å². The van der Waals surface area contributed by atoms with Crippen LogP contribution in [0.2, 0.25) is 0 Å². The fourth-order valence-corrected chi connectivity index (χ4v) is 3.10. The predicted molar refractivity (Wildman–Crippen MR) is 116 cm³/mol. The lowest BCUT2D eigenvalue weighted by Crippen LogP contribution is -2.31. The van der Waals surface area contributed by atoms with Gasteiger partial charge in [-0.1, -0.05) is 6.07 Å². The molecule has 0 radical (unpaired) electrons. The molecule has 0 aliphatic rings. The van der Waals surface area contributed by atoms with Crippen molar-refractivity contribution in [1.82, 2.24) is 10.6 Å². The smallest absolute Gasteiger partial charge is 0.251 e. The van der Waals surface area contributed by atoms with E-state index in [2.05, 4.69) is 10.6 Å². The quantitative estimate of drug-likeness (QED) is 0.491. The number of carbonyl (C=O) groups excluding carboxylic acids is 1. The summed E-state index contributed by atoms with van der Waals surface area (Å²) in [6.07, 6.45) is 0. The molecule has 0 saturated carbocycles. The first-order valence-corrected chi connectivity index (χ1v) is 9.61. The monoisotopic (exact) mass is 434 g/mol. The third-order valence-electron chi connectivity index (χ3n) is 4.62. The number of ether oxygens (including phenoxy) is 6. The number of benzene rings is 2. The summed E-state index contributed by atoms with van der Waals surface area (Å²) >= 11 is 0. The Bertz CT molecular complexity index is 861. The van der Waals surface area contributed by atoms with Crippen molar-refractivity contribution < 1.29 is 33.2 Å². The van der Waals surface area contributed by atoms with E-state index in [0.29, 0.717) is 59.7 Å². The van der Waals surface area contributed by atoms with E-state index in [-0.39, 0.29) is 5.91 Å². The lowest BCUT2D eigenvalue weighted by atomic mass is 10.1. The summed E-state index contributed by atoms with van der Waals surface area (Å²) in [6.45, 7) is 1.50. The second kappa shape index (κ2) is 11.8. The number of hydrogen-bond acceptors (Lipinski definition) is 8. The van der Waals surface area contributed by atoms with Crippen LogP contribution in [0.1, 0.15) is 15.9 Å². The zero-order valence-corrected chi connectivity index (χ0v) is 18.8. The number of carbonyl (C=O) groups is 1. The minimum Gasteiger partial charge on any atom is -0.493 e. The Kier molecular flexibility index (Phi) is 9.08. The Hall–Kier alpha value is -3.33. The molecule has 0 saturated heterocycles. The molecule has 0 atom stereocenters. The van der Waals surface area contributed by atoms with Gasteiger partial charge < -0.3 is 39.1 Å². The zero-order chi connectivity index (χ0) is 22.8. The van der Waals surface area contributed by atoms with Crippen LogP contribution in [0.5, 0.6) is 34.5 Å². The molecule has 1 amide bonds. The highest BCUT2D eigenvalue weighted by molar-refractivity contribution is 5.95. The highest BCUT2D eigenvalue weighted by atomic mass is 16.5. The van der Waals surface area contributed by atoms with E-state index < -0.39 is 0 Å². The van der Waals surface area contributed by atoms with Gasteiger partial charge in [0.25, 0.3) is 5.91 Å². The van der Waals surface area contributed by atoms with Gasteiger partial charge in [-0.2, -0.15) is 0 Å². The molecule has 0 aromatic heterocycles. The van der Waals surface area contributed by atoms with Gasteiger partial charge in [0.05, 0.1) is 42.7 Å². The largest absolute Gasteiger partial charge is 0.493 e. The molecule has 2 aromatic rings. The van der Waals surface area contributed by atoms with Crippen LogP contribution >= 0.6 is 0 Å². The van der Waals surface area contributed by atoms with E-state index >= 15 is 0 Å². The molecule has 2 aromatic carbocycles. The van der Waals surface area contributed by atoms with Crippen molar-refractivity contribution in [2.75, 3.05) is 55.7 Å². The standard InChI is InChI=1S/C22H30N2O7/c1-26-16-8-7-14(19(29-4)21(16)31-6)13-23-9-10-24-22(25)15-11-17(27-2)20(30-5)18(12-15)28-3/h7-8,11-12,23H,9-10,13H2,1-6H3,(H,24,25). The van der Waals surface area contributed by atoms with Gasteiger partial charge in [-0.05, 0) is 18.2 Å². The van der Waals surface area contributed by atoms with Crippen LogP contribution in [-0.2, 0) is 6.54 Å². The Balaban J connectivity index is 1.95. The first-order valence-electron chi connectivity index (χ1n) is 9.61. The van der Waals surface area contributed by atoms with Gasteiger partial charge in [0.15, 0.2) is 23.0 Å². The number of rotatable bonds is 12. The topological polar surface area (TPSA) is 96.5 Å². The first-order chi connectivity index (χ1) is 15.0. The summed E-state index contributed by atoms with van der Waals surface area (Å²) in [5.74, 6) is 2.78. The third kappa shape index (κ3) is 5.64. The fourth-order valence-electron chi connectivity index (χ4n) is 3.10. The second-order valence-electron chi connectivity index (χ2n) is 6.34. The molecule has 0 aliphatic carbocycles. The molecule has 170 valence electrons. The number of nitrogens with one attached hydrogen (secondary N) is 2. The van der Waals surface area contributed by atoms with E-state index in [0.717, 1.165) is 5.56 Å². The Morgan fingerprint density at radius 1 is 0.710 bits per heavy atom. The molecule has 0 spiro atoms. The van der Waals surface area contributed by atoms with Crippen molar-refractivity contribution >= 4 is 5.91 Å². The molecule has 0 fully saturated rings. The summed E-state index contributed by atoms with van der Waals surface area (Å²) in [6, 6.07) is 6.95. The van der Waals surface area contributed by atoms with Crippen LogP contribution in [0.4, 0.5) is 0 Å². The fraction of sp³-hybridized carbons (Fsp3) is 0.409. The van der Waals surface area contributed by atoms with Crippen molar-refractivity contribution in [2.24, 2.45) is 0 Å². The maximum Gasteiger partial charge on any atom is 0.251 e. The Labute approximate surface area is 182 Å². The number of amides is 1. The van der Waals surface area contributed by atoms with E-state index in [9.17, 15) is 4.79 Å². The van der Waals surface area contributed by atoms with Crippen molar-refractivity contribution in [3.8, 4) is 34.5 Å². The van der Waals surface area contributed by atoms with Gasteiger partial charge in [-0.25, -0.2) is 0 Å². The van der Waals surface area contributed by atoms with Gasteiger partial charge in [0, 0.05) is 30.8 Å². The van der Waals surface area contributed by atoms with Crippen LogP contribution in [-0.4, -0.2) is 61.7 Å². The molecule has 0 heterocycles. The predicted octanol–water partition coefficient (Wildman–Crippen LogP) is 2.26. The van der Waals surface area contributed by atoms with Crippen LogP contribution in [0.3, 0.4) is 0 Å². The molecule has 9 nitrogen and oxygen atoms in total.